The average Bonchev–Trinajstić information content (AvgIpc) is 2.75. The maximum atomic E-state index is 4.08. The summed E-state index contributed by atoms with van der Waals surface area (Å²) < 4.78 is 1.75. The quantitative estimate of drug-likeness (QED) is 0.822. The molecule has 0 aromatic carbocycles. The van der Waals surface area contributed by atoms with Crippen molar-refractivity contribution in [2.24, 2.45) is 7.05 Å². The Hall–Kier alpha value is -0.940. The molecule has 0 radical (unpaired) electrons. The van der Waals surface area contributed by atoms with Gasteiger partial charge in [-0.2, -0.15) is 0 Å². The first-order chi connectivity index (χ1) is 8.28. The van der Waals surface area contributed by atoms with Gasteiger partial charge in [0, 0.05) is 25.8 Å². The molecule has 96 valence electrons. The van der Waals surface area contributed by atoms with Crippen LogP contribution in [0.2, 0.25) is 0 Å². The van der Waals surface area contributed by atoms with Gasteiger partial charge in [-0.3, -0.25) is 4.68 Å². The zero-order chi connectivity index (χ0) is 12.1. The Labute approximate surface area is 103 Å². The van der Waals surface area contributed by atoms with E-state index in [1.54, 1.807) is 4.68 Å². The van der Waals surface area contributed by atoms with Crippen LogP contribution in [0.3, 0.4) is 0 Å². The minimum atomic E-state index is 0.644. The van der Waals surface area contributed by atoms with Crippen molar-refractivity contribution in [1.82, 2.24) is 25.2 Å². The first-order valence-electron chi connectivity index (χ1n) is 6.59. The third kappa shape index (κ3) is 3.78. The zero-order valence-electron chi connectivity index (χ0n) is 10.9. The molecule has 2 heterocycles. The molecular formula is C12H23N5. The van der Waals surface area contributed by atoms with Crippen LogP contribution in [0.25, 0.3) is 0 Å². The molecule has 1 aromatic rings. The first-order valence-corrected chi connectivity index (χ1v) is 6.59. The average molecular weight is 237 g/mol. The van der Waals surface area contributed by atoms with E-state index in [9.17, 15) is 0 Å². The van der Waals surface area contributed by atoms with Crippen LogP contribution in [-0.4, -0.2) is 45.6 Å². The Morgan fingerprint density at radius 1 is 1.41 bits per heavy atom. The van der Waals surface area contributed by atoms with Gasteiger partial charge in [0.1, 0.15) is 0 Å². The third-order valence-electron chi connectivity index (χ3n) is 3.35. The minimum absolute atomic E-state index is 0.644. The second kappa shape index (κ2) is 6.12. The topological polar surface area (TPSA) is 46.0 Å². The molecule has 1 N–H and O–H groups in total. The second-order valence-electron chi connectivity index (χ2n) is 4.88. The first kappa shape index (κ1) is 12.5. The number of aromatic nitrogens is 3. The normalized spacial score (nSPS) is 18.7. The number of piperidine rings is 1. The molecule has 1 saturated heterocycles. The fraction of sp³-hybridized carbons (Fsp3) is 0.833. The molecule has 5 nitrogen and oxygen atoms in total. The summed E-state index contributed by atoms with van der Waals surface area (Å²) in [6, 6.07) is 0.644. The molecule has 0 saturated carbocycles. The highest BCUT2D eigenvalue weighted by Gasteiger charge is 2.17. The number of likely N-dealkylation sites (tertiary alicyclic amines) is 1. The third-order valence-corrected chi connectivity index (χ3v) is 3.35. The van der Waals surface area contributed by atoms with Crippen molar-refractivity contribution in [3.8, 4) is 0 Å². The van der Waals surface area contributed by atoms with E-state index >= 15 is 0 Å². The summed E-state index contributed by atoms with van der Waals surface area (Å²) in [5.41, 5.74) is 1.03. The van der Waals surface area contributed by atoms with Crippen molar-refractivity contribution in [1.29, 1.82) is 0 Å². The number of hydrogen-bond donors (Lipinski definition) is 1. The molecule has 1 aromatic heterocycles. The Morgan fingerprint density at radius 3 is 2.76 bits per heavy atom. The molecule has 2 rings (SSSR count). The van der Waals surface area contributed by atoms with Crippen LogP contribution >= 0.6 is 0 Å². The van der Waals surface area contributed by atoms with Gasteiger partial charge in [-0.15, -0.1) is 5.10 Å². The van der Waals surface area contributed by atoms with Crippen molar-refractivity contribution < 1.29 is 0 Å². The molecule has 1 aliphatic rings. The summed E-state index contributed by atoms with van der Waals surface area (Å²) in [7, 11) is 1.90. The molecule has 5 heteroatoms. The molecule has 0 amide bonds. The summed E-state index contributed by atoms with van der Waals surface area (Å²) in [6.07, 6.45) is 5.73. The standard InChI is InChI=1S/C12H23N5/c1-3-6-17-7-4-11(5-8-17)13-9-12-10-16(2)15-14-12/h10-11,13H,3-9H2,1-2H3. The van der Waals surface area contributed by atoms with E-state index in [1.165, 1.54) is 38.9 Å². The molecule has 0 unspecified atom stereocenters. The fourth-order valence-electron chi connectivity index (χ4n) is 2.40. The molecular weight excluding hydrogens is 214 g/mol. The molecule has 1 fully saturated rings. The smallest absolute Gasteiger partial charge is 0.0964 e. The van der Waals surface area contributed by atoms with Crippen molar-refractivity contribution in [3.63, 3.8) is 0 Å². The molecule has 0 spiro atoms. The molecule has 0 atom stereocenters. The van der Waals surface area contributed by atoms with Crippen LogP contribution in [0.4, 0.5) is 0 Å². The van der Waals surface area contributed by atoms with E-state index in [2.05, 4.69) is 27.5 Å². The zero-order valence-corrected chi connectivity index (χ0v) is 10.9. The lowest BCUT2D eigenvalue weighted by atomic mass is 10.0. The number of rotatable bonds is 5. The highest BCUT2D eigenvalue weighted by atomic mass is 15.4. The van der Waals surface area contributed by atoms with E-state index in [4.69, 9.17) is 0 Å². The highest BCUT2D eigenvalue weighted by Crippen LogP contribution is 2.10. The summed E-state index contributed by atoms with van der Waals surface area (Å²) in [6.45, 7) is 6.79. The molecule has 0 bridgehead atoms. The number of aryl methyl sites for hydroxylation is 1. The Bertz CT molecular complexity index is 327. The van der Waals surface area contributed by atoms with Crippen molar-refractivity contribution in [2.75, 3.05) is 19.6 Å². The van der Waals surface area contributed by atoms with Gasteiger partial charge in [0.05, 0.1) is 5.69 Å². The van der Waals surface area contributed by atoms with Crippen molar-refractivity contribution >= 4 is 0 Å². The van der Waals surface area contributed by atoms with Crippen LogP contribution in [0.15, 0.2) is 6.20 Å². The van der Waals surface area contributed by atoms with Crippen LogP contribution in [0.1, 0.15) is 31.9 Å². The Balaban J connectivity index is 1.68. The lowest BCUT2D eigenvalue weighted by Gasteiger charge is -2.32. The maximum Gasteiger partial charge on any atom is 0.0964 e. The van der Waals surface area contributed by atoms with Gasteiger partial charge in [-0.1, -0.05) is 12.1 Å². The van der Waals surface area contributed by atoms with Gasteiger partial charge >= 0.3 is 0 Å². The molecule has 1 aliphatic heterocycles. The van der Waals surface area contributed by atoms with E-state index in [-0.39, 0.29) is 0 Å². The van der Waals surface area contributed by atoms with Crippen molar-refractivity contribution in [3.05, 3.63) is 11.9 Å². The maximum absolute atomic E-state index is 4.08. The fourth-order valence-corrected chi connectivity index (χ4v) is 2.40. The van der Waals surface area contributed by atoms with Gasteiger partial charge in [0.2, 0.25) is 0 Å². The molecule has 0 aliphatic carbocycles. The monoisotopic (exact) mass is 237 g/mol. The lowest BCUT2D eigenvalue weighted by molar-refractivity contribution is 0.197. The largest absolute Gasteiger partial charge is 0.308 e. The van der Waals surface area contributed by atoms with Crippen molar-refractivity contribution in [2.45, 2.75) is 38.8 Å². The lowest BCUT2D eigenvalue weighted by Crippen LogP contribution is -2.42. The van der Waals surface area contributed by atoms with Gasteiger partial charge < -0.3 is 10.2 Å². The highest BCUT2D eigenvalue weighted by molar-refractivity contribution is 4.92. The van der Waals surface area contributed by atoms with Crippen LogP contribution in [0.5, 0.6) is 0 Å². The predicted octanol–water partition coefficient (Wildman–Crippen LogP) is 0.779. The van der Waals surface area contributed by atoms with E-state index < -0.39 is 0 Å². The van der Waals surface area contributed by atoms with Crippen LogP contribution < -0.4 is 5.32 Å². The van der Waals surface area contributed by atoms with E-state index in [0.29, 0.717) is 6.04 Å². The summed E-state index contributed by atoms with van der Waals surface area (Å²) in [5, 5.41) is 11.6. The number of nitrogens with one attached hydrogen (secondary N) is 1. The number of nitrogens with zero attached hydrogens (tertiary/aromatic N) is 4. The van der Waals surface area contributed by atoms with Gasteiger partial charge in [-0.05, 0) is 38.9 Å². The van der Waals surface area contributed by atoms with E-state index in [0.717, 1.165) is 12.2 Å². The van der Waals surface area contributed by atoms with Crippen LogP contribution in [-0.2, 0) is 13.6 Å². The van der Waals surface area contributed by atoms with Gasteiger partial charge in [0.25, 0.3) is 0 Å². The summed E-state index contributed by atoms with van der Waals surface area (Å²) >= 11 is 0. The Morgan fingerprint density at radius 2 is 2.18 bits per heavy atom. The Kier molecular flexibility index (Phi) is 4.50. The minimum Gasteiger partial charge on any atom is -0.308 e. The van der Waals surface area contributed by atoms with E-state index in [1.807, 2.05) is 13.2 Å². The predicted molar refractivity (Wildman–Crippen MR) is 67.6 cm³/mol. The summed E-state index contributed by atoms with van der Waals surface area (Å²) in [4.78, 5) is 2.56. The van der Waals surface area contributed by atoms with Gasteiger partial charge in [-0.25, -0.2) is 0 Å². The SMILES string of the molecule is CCCN1CCC(NCc2cn(C)nn2)CC1. The molecule has 17 heavy (non-hydrogen) atoms. The second-order valence-corrected chi connectivity index (χ2v) is 4.88. The van der Waals surface area contributed by atoms with Gasteiger partial charge in [0.15, 0.2) is 0 Å². The number of hydrogen-bond acceptors (Lipinski definition) is 4. The summed E-state index contributed by atoms with van der Waals surface area (Å²) in [5.74, 6) is 0. The van der Waals surface area contributed by atoms with Crippen LogP contribution in [0, 0.1) is 0 Å².